The van der Waals surface area contributed by atoms with Crippen molar-refractivity contribution in [3.05, 3.63) is 63.9 Å². The number of thioether (sulfide) groups is 1. The van der Waals surface area contributed by atoms with Gasteiger partial charge >= 0.3 is 0 Å². The van der Waals surface area contributed by atoms with E-state index in [4.69, 9.17) is 5.73 Å². The largest absolute Gasteiger partial charge is 0.368 e. The lowest BCUT2D eigenvalue weighted by molar-refractivity contribution is 0.635. The van der Waals surface area contributed by atoms with E-state index in [0.29, 0.717) is 23.6 Å². The number of anilines is 3. The normalized spacial score (nSPS) is 13.5. The summed E-state index contributed by atoms with van der Waals surface area (Å²) in [7, 11) is 0. The number of hydrogen-bond acceptors (Lipinski definition) is 9. The van der Waals surface area contributed by atoms with Gasteiger partial charge in [-0.3, -0.25) is 0 Å². The molecule has 0 atom stereocenters. The van der Waals surface area contributed by atoms with E-state index in [9.17, 15) is 0 Å². The molecule has 10 heteroatoms. The highest BCUT2D eigenvalue weighted by atomic mass is 32.2. The SMILES string of the molecule is Cc1ccc(Nc2nc(N)nc(CSc3nnc(Cc4cccs4)n3C3CC3)n2)cc1. The highest BCUT2D eigenvalue weighted by molar-refractivity contribution is 7.98. The molecular formula is C21H22N8S2. The number of thiophene rings is 1. The molecule has 1 saturated carbocycles. The van der Waals surface area contributed by atoms with Gasteiger partial charge in [-0.2, -0.15) is 15.0 Å². The minimum atomic E-state index is 0.197. The summed E-state index contributed by atoms with van der Waals surface area (Å²) in [6.07, 6.45) is 3.16. The van der Waals surface area contributed by atoms with E-state index in [1.54, 1.807) is 23.1 Å². The quantitative estimate of drug-likeness (QED) is 0.381. The van der Waals surface area contributed by atoms with Crippen LogP contribution in [0.3, 0.4) is 0 Å². The minimum absolute atomic E-state index is 0.197. The summed E-state index contributed by atoms with van der Waals surface area (Å²) in [6, 6.07) is 12.7. The van der Waals surface area contributed by atoms with Crippen LogP contribution in [0.15, 0.2) is 46.9 Å². The average Bonchev–Trinajstić information content (AvgIpc) is 3.30. The van der Waals surface area contributed by atoms with Crippen LogP contribution in [-0.4, -0.2) is 29.7 Å². The van der Waals surface area contributed by atoms with Gasteiger partial charge in [-0.05, 0) is 43.3 Å². The van der Waals surface area contributed by atoms with Crippen LogP contribution in [0.2, 0.25) is 0 Å². The highest BCUT2D eigenvalue weighted by Crippen LogP contribution is 2.39. The second-order valence-corrected chi connectivity index (χ2v) is 9.44. The lowest BCUT2D eigenvalue weighted by Gasteiger charge is -2.09. The summed E-state index contributed by atoms with van der Waals surface area (Å²) in [4.78, 5) is 14.3. The fourth-order valence-electron chi connectivity index (χ4n) is 3.25. The van der Waals surface area contributed by atoms with Gasteiger partial charge in [-0.1, -0.05) is 35.5 Å². The van der Waals surface area contributed by atoms with E-state index >= 15 is 0 Å². The van der Waals surface area contributed by atoms with Gasteiger partial charge in [-0.25, -0.2) is 0 Å². The van der Waals surface area contributed by atoms with E-state index in [-0.39, 0.29) is 5.95 Å². The second kappa shape index (κ2) is 8.64. The van der Waals surface area contributed by atoms with Gasteiger partial charge in [0.1, 0.15) is 11.6 Å². The van der Waals surface area contributed by atoms with Gasteiger partial charge in [0.2, 0.25) is 11.9 Å². The summed E-state index contributed by atoms with van der Waals surface area (Å²) < 4.78 is 2.28. The zero-order chi connectivity index (χ0) is 21.2. The molecule has 0 saturated heterocycles. The van der Waals surface area contributed by atoms with Crippen LogP contribution in [0.4, 0.5) is 17.6 Å². The predicted octanol–water partition coefficient (Wildman–Crippen LogP) is 4.38. The fourth-order valence-corrected chi connectivity index (χ4v) is 4.83. The first kappa shape index (κ1) is 20.0. The standard InChI is InChI=1S/C21H22N8S2/c1-13-4-6-14(7-5-13)23-20-25-17(24-19(22)26-20)12-31-21-28-27-18(29(21)15-8-9-15)11-16-3-2-10-30-16/h2-7,10,15H,8-9,11-12H2,1H3,(H3,22,23,24,25,26). The monoisotopic (exact) mass is 450 g/mol. The third-order valence-corrected chi connectivity index (χ3v) is 6.71. The summed E-state index contributed by atoms with van der Waals surface area (Å²) in [5.74, 6) is 2.80. The summed E-state index contributed by atoms with van der Waals surface area (Å²) in [6.45, 7) is 2.05. The highest BCUT2D eigenvalue weighted by Gasteiger charge is 2.29. The van der Waals surface area contributed by atoms with Gasteiger partial charge < -0.3 is 15.6 Å². The molecular weight excluding hydrogens is 428 g/mol. The van der Waals surface area contributed by atoms with Gasteiger partial charge in [0.15, 0.2) is 5.16 Å². The lowest BCUT2D eigenvalue weighted by Crippen LogP contribution is -2.07. The molecule has 0 aliphatic heterocycles. The first-order valence-corrected chi connectivity index (χ1v) is 11.9. The van der Waals surface area contributed by atoms with Crippen LogP contribution in [-0.2, 0) is 12.2 Å². The molecule has 0 bridgehead atoms. The van der Waals surface area contributed by atoms with Crippen molar-refractivity contribution in [1.82, 2.24) is 29.7 Å². The molecule has 4 aromatic rings. The number of rotatable bonds is 8. The fraction of sp³-hybridized carbons (Fsp3) is 0.286. The maximum Gasteiger partial charge on any atom is 0.232 e. The Bertz CT molecular complexity index is 1170. The zero-order valence-corrected chi connectivity index (χ0v) is 18.7. The van der Waals surface area contributed by atoms with E-state index in [0.717, 1.165) is 23.1 Å². The number of nitrogen functional groups attached to an aromatic ring is 1. The Hall–Kier alpha value is -2.98. The Morgan fingerprint density at radius 1 is 1.13 bits per heavy atom. The molecule has 1 aromatic carbocycles. The van der Waals surface area contributed by atoms with Crippen molar-refractivity contribution in [2.24, 2.45) is 0 Å². The third-order valence-electron chi connectivity index (χ3n) is 4.90. The average molecular weight is 451 g/mol. The number of nitrogens with zero attached hydrogens (tertiary/aromatic N) is 6. The predicted molar refractivity (Wildman–Crippen MR) is 124 cm³/mol. The van der Waals surface area contributed by atoms with Crippen LogP contribution in [0.5, 0.6) is 0 Å². The molecule has 3 aromatic heterocycles. The van der Waals surface area contributed by atoms with Crippen molar-refractivity contribution < 1.29 is 0 Å². The number of benzene rings is 1. The number of aryl methyl sites for hydroxylation is 1. The molecule has 3 heterocycles. The molecule has 0 spiro atoms. The number of aromatic nitrogens is 6. The van der Waals surface area contributed by atoms with Gasteiger partial charge in [-0.15, -0.1) is 21.5 Å². The maximum absolute atomic E-state index is 5.93. The summed E-state index contributed by atoms with van der Waals surface area (Å²) in [5.41, 5.74) is 8.03. The third kappa shape index (κ3) is 4.86. The molecule has 8 nitrogen and oxygen atoms in total. The maximum atomic E-state index is 5.93. The van der Waals surface area contributed by atoms with Crippen LogP contribution in [0, 0.1) is 6.92 Å². The van der Waals surface area contributed by atoms with E-state index < -0.39 is 0 Å². The molecule has 3 N–H and O–H groups in total. The first-order valence-electron chi connectivity index (χ1n) is 10.1. The summed E-state index contributed by atoms with van der Waals surface area (Å²) in [5, 5.41) is 15.1. The Balaban J connectivity index is 1.31. The van der Waals surface area contributed by atoms with Crippen LogP contribution in [0.25, 0.3) is 0 Å². The van der Waals surface area contributed by atoms with Crippen LogP contribution >= 0.6 is 23.1 Å². The zero-order valence-electron chi connectivity index (χ0n) is 17.0. The molecule has 0 radical (unpaired) electrons. The Morgan fingerprint density at radius 3 is 2.71 bits per heavy atom. The molecule has 1 aliphatic rings. The van der Waals surface area contributed by atoms with E-state index in [2.05, 4.69) is 52.5 Å². The number of nitrogens with one attached hydrogen (secondary N) is 1. The van der Waals surface area contributed by atoms with E-state index in [1.807, 2.05) is 31.2 Å². The van der Waals surface area contributed by atoms with Gasteiger partial charge in [0, 0.05) is 23.0 Å². The number of nitrogens with two attached hydrogens (primary N) is 1. The molecule has 1 aliphatic carbocycles. The Labute approximate surface area is 188 Å². The molecule has 31 heavy (non-hydrogen) atoms. The molecule has 0 unspecified atom stereocenters. The number of hydrogen-bond donors (Lipinski definition) is 2. The van der Waals surface area contributed by atoms with Gasteiger partial charge in [0.05, 0.1) is 5.75 Å². The van der Waals surface area contributed by atoms with Crippen molar-refractivity contribution in [2.45, 2.75) is 43.1 Å². The second-order valence-electron chi connectivity index (χ2n) is 7.47. The minimum Gasteiger partial charge on any atom is -0.368 e. The lowest BCUT2D eigenvalue weighted by atomic mass is 10.2. The molecule has 0 amide bonds. The van der Waals surface area contributed by atoms with Crippen molar-refractivity contribution in [3.8, 4) is 0 Å². The molecule has 5 rings (SSSR count). The van der Waals surface area contributed by atoms with Crippen molar-refractivity contribution in [3.63, 3.8) is 0 Å². The molecule has 158 valence electrons. The Kier molecular flexibility index (Phi) is 5.56. The van der Waals surface area contributed by atoms with E-state index in [1.165, 1.54) is 23.3 Å². The Morgan fingerprint density at radius 2 is 1.97 bits per heavy atom. The van der Waals surface area contributed by atoms with Crippen molar-refractivity contribution in [2.75, 3.05) is 11.1 Å². The topological polar surface area (TPSA) is 107 Å². The smallest absolute Gasteiger partial charge is 0.232 e. The first-order chi connectivity index (χ1) is 15.1. The molecule has 1 fully saturated rings. The van der Waals surface area contributed by atoms with Crippen molar-refractivity contribution in [1.29, 1.82) is 0 Å². The van der Waals surface area contributed by atoms with Crippen molar-refractivity contribution >= 4 is 40.7 Å². The summed E-state index contributed by atoms with van der Waals surface area (Å²) >= 11 is 3.33. The van der Waals surface area contributed by atoms with Gasteiger partial charge in [0.25, 0.3) is 0 Å². The van der Waals surface area contributed by atoms with Crippen LogP contribution < -0.4 is 11.1 Å². The van der Waals surface area contributed by atoms with Crippen LogP contribution in [0.1, 0.15) is 41.0 Å².